The molecule has 8 aromatic rings. The number of benzene rings is 7. The average molecular weight is 805 g/mol. The van der Waals surface area contributed by atoms with Crippen LogP contribution in [-0.4, -0.2) is 6.71 Å². The number of fused-ring (bicyclic) bond motifs is 15. The molecule has 2 nitrogen and oxygen atoms in total. The molecule has 1 aromatic heterocycles. The summed E-state index contributed by atoms with van der Waals surface area (Å²) in [6, 6.07) is 58.6. The summed E-state index contributed by atoms with van der Waals surface area (Å²) in [4.78, 5) is 6.64. The predicted molar refractivity (Wildman–Crippen MR) is 262 cm³/mol. The van der Waals surface area contributed by atoms with Crippen molar-refractivity contribution in [3.05, 3.63) is 195 Å². The van der Waals surface area contributed by atoms with Gasteiger partial charge in [0, 0.05) is 43.7 Å². The molecule has 2 aliphatic carbocycles. The highest BCUT2D eigenvalue weighted by molar-refractivity contribution is 7.30. The quantitative estimate of drug-likeness (QED) is 0.161. The fraction of sp³-hybridized carbons (Fsp3) is 0.193. The molecule has 0 radical (unpaired) electrons. The summed E-state index contributed by atoms with van der Waals surface area (Å²) in [7, 11) is 0. The van der Waals surface area contributed by atoms with Gasteiger partial charge in [0.2, 0.25) is 0 Å². The van der Waals surface area contributed by atoms with E-state index in [9.17, 15) is 0 Å². The monoisotopic (exact) mass is 804 g/mol. The molecule has 0 saturated carbocycles. The minimum Gasteiger partial charge on any atom is -0.311 e. The Bertz CT molecular complexity index is 3090. The van der Waals surface area contributed by atoms with Crippen molar-refractivity contribution in [2.45, 2.75) is 71.6 Å². The molecule has 4 aliphatic rings. The van der Waals surface area contributed by atoms with Crippen LogP contribution >= 0.6 is 11.3 Å². The molecule has 2 aliphatic heterocycles. The Morgan fingerprint density at radius 1 is 0.492 bits per heavy atom. The lowest BCUT2D eigenvalue weighted by Gasteiger charge is -2.43. The van der Waals surface area contributed by atoms with Gasteiger partial charge in [-0.3, -0.25) is 0 Å². The van der Waals surface area contributed by atoms with E-state index < -0.39 is 5.41 Å². The number of nitrogens with zero attached hydrogens (tertiary/aromatic N) is 2. The number of para-hydroxylation sites is 1. The topological polar surface area (TPSA) is 6.48 Å². The first-order valence-electron chi connectivity index (χ1n) is 21.9. The van der Waals surface area contributed by atoms with Crippen molar-refractivity contribution >= 4 is 67.9 Å². The lowest BCUT2D eigenvalue weighted by atomic mass is 9.36. The van der Waals surface area contributed by atoms with E-state index in [2.05, 4.69) is 228 Å². The second-order valence-electron chi connectivity index (χ2n) is 19.9. The van der Waals surface area contributed by atoms with Crippen molar-refractivity contribution in [2.24, 2.45) is 0 Å². The second kappa shape index (κ2) is 12.5. The zero-order valence-electron chi connectivity index (χ0n) is 36.3. The summed E-state index contributed by atoms with van der Waals surface area (Å²) in [6.07, 6.45) is 0. The largest absolute Gasteiger partial charge is 0.311 e. The SMILES string of the molecule is Cc1cc2c3c(c1)N(c1ccc(C(C)(C)C)cc1)c1c(sc4c1-c1ccc(C)cc1C41c4ccccc4-c4ccccc41)B3c1ccccc1N2c1ccc(C(C)(C)C)cc1. The van der Waals surface area contributed by atoms with Crippen LogP contribution in [0.1, 0.15) is 85.4 Å². The summed E-state index contributed by atoms with van der Waals surface area (Å²) in [5.74, 6) is 0. The Hall–Kier alpha value is -6.10. The maximum absolute atomic E-state index is 2.66. The van der Waals surface area contributed by atoms with Crippen LogP contribution in [-0.2, 0) is 16.2 Å². The summed E-state index contributed by atoms with van der Waals surface area (Å²) < 4.78 is 1.42. The van der Waals surface area contributed by atoms with Gasteiger partial charge < -0.3 is 9.80 Å². The van der Waals surface area contributed by atoms with Gasteiger partial charge in [-0.15, -0.1) is 11.3 Å². The van der Waals surface area contributed by atoms with Crippen LogP contribution in [0.4, 0.5) is 34.1 Å². The normalized spacial score (nSPS) is 14.9. The molecule has 4 heteroatoms. The van der Waals surface area contributed by atoms with E-state index in [1.165, 1.54) is 116 Å². The van der Waals surface area contributed by atoms with Crippen molar-refractivity contribution < 1.29 is 0 Å². The van der Waals surface area contributed by atoms with E-state index in [4.69, 9.17) is 0 Å². The van der Waals surface area contributed by atoms with Crippen molar-refractivity contribution in [3.8, 4) is 22.3 Å². The van der Waals surface area contributed by atoms with Gasteiger partial charge in [0.25, 0.3) is 6.71 Å². The molecule has 0 amide bonds. The van der Waals surface area contributed by atoms with Crippen LogP contribution in [0.15, 0.2) is 152 Å². The van der Waals surface area contributed by atoms with Crippen LogP contribution in [0.5, 0.6) is 0 Å². The molecule has 0 bridgehead atoms. The molecule has 0 unspecified atom stereocenters. The average Bonchev–Trinajstić information content (AvgIpc) is 3.87. The van der Waals surface area contributed by atoms with Gasteiger partial charge >= 0.3 is 0 Å². The van der Waals surface area contributed by atoms with Crippen LogP contribution in [0.3, 0.4) is 0 Å². The third kappa shape index (κ3) is 4.91. The molecular formula is C57H49BN2S. The van der Waals surface area contributed by atoms with Gasteiger partial charge in [-0.25, -0.2) is 0 Å². The Balaban J connectivity index is 1.20. The van der Waals surface area contributed by atoms with Crippen LogP contribution in [0.2, 0.25) is 0 Å². The van der Waals surface area contributed by atoms with E-state index in [0.29, 0.717) is 0 Å². The lowest BCUT2D eigenvalue weighted by molar-refractivity contribution is 0.590. The fourth-order valence-corrected chi connectivity index (χ4v) is 12.9. The molecule has 61 heavy (non-hydrogen) atoms. The van der Waals surface area contributed by atoms with Gasteiger partial charge in [-0.05, 0) is 128 Å². The molecule has 0 atom stereocenters. The Morgan fingerprint density at radius 3 is 1.64 bits per heavy atom. The predicted octanol–water partition coefficient (Wildman–Crippen LogP) is 13.4. The van der Waals surface area contributed by atoms with Crippen LogP contribution in [0, 0.1) is 13.8 Å². The minimum absolute atomic E-state index is 0.0436. The Morgan fingerprint density at radius 2 is 1.03 bits per heavy atom. The van der Waals surface area contributed by atoms with E-state index in [0.717, 1.165) is 0 Å². The molecular weight excluding hydrogens is 756 g/mol. The molecule has 296 valence electrons. The number of aryl methyl sites for hydroxylation is 2. The first-order valence-corrected chi connectivity index (χ1v) is 22.7. The van der Waals surface area contributed by atoms with E-state index in [-0.39, 0.29) is 17.5 Å². The lowest BCUT2D eigenvalue weighted by Crippen LogP contribution is -2.60. The minimum atomic E-state index is -0.423. The summed E-state index contributed by atoms with van der Waals surface area (Å²) in [5.41, 5.74) is 24.8. The van der Waals surface area contributed by atoms with Gasteiger partial charge in [0.05, 0.1) is 11.1 Å². The number of hydrogen-bond donors (Lipinski definition) is 0. The maximum Gasteiger partial charge on any atom is 0.264 e. The fourth-order valence-electron chi connectivity index (χ4n) is 11.3. The second-order valence-corrected chi connectivity index (χ2v) is 20.9. The van der Waals surface area contributed by atoms with Crippen molar-refractivity contribution in [1.82, 2.24) is 0 Å². The number of anilines is 6. The van der Waals surface area contributed by atoms with Crippen LogP contribution < -0.4 is 25.5 Å². The molecule has 7 aromatic carbocycles. The highest BCUT2D eigenvalue weighted by Gasteiger charge is 2.56. The molecule has 12 rings (SSSR count). The van der Waals surface area contributed by atoms with Crippen molar-refractivity contribution in [1.29, 1.82) is 0 Å². The standard InChI is InChI=1S/C57H49BN2S/c1-34-21-30-42-45(31-34)57(43-17-11-9-15-40(43)41-16-10-12-18-44(41)57)53-50(42)52-54(61-53)58-46-19-13-14-20-47(46)59(38-26-22-36(23-27-38)55(3,4)5)48-32-35(2)33-49(51(48)58)60(52)39-28-24-37(25-29-39)56(6,7)8/h9-33H,1-8H3. The van der Waals surface area contributed by atoms with Crippen molar-refractivity contribution in [2.75, 3.05) is 9.80 Å². The Labute approximate surface area is 365 Å². The first-order chi connectivity index (χ1) is 29.4. The molecule has 0 saturated heterocycles. The molecule has 3 heterocycles. The molecule has 1 spiro atoms. The zero-order valence-corrected chi connectivity index (χ0v) is 37.1. The smallest absolute Gasteiger partial charge is 0.264 e. The number of rotatable bonds is 2. The third-order valence-corrected chi connectivity index (χ3v) is 15.4. The summed E-state index contributed by atoms with van der Waals surface area (Å²) in [6.45, 7) is 18.4. The van der Waals surface area contributed by atoms with E-state index in [1.807, 2.05) is 0 Å². The number of thiophene rings is 1. The van der Waals surface area contributed by atoms with Gasteiger partial charge in [0.1, 0.15) is 0 Å². The summed E-state index contributed by atoms with van der Waals surface area (Å²) >= 11 is 2.06. The van der Waals surface area contributed by atoms with Gasteiger partial charge in [0.15, 0.2) is 0 Å². The van der Waals surface area contributed by atoms with Crippen LogP contribution in [0.25, 0.3) is 22.3 Å². The molecule has 0 N–H and O–H groups in total. The zero-order chi connectivity index (χ0) is 41.7. The molecule has 0 fully saturated rings. The first kappa shape index (κ1) is 36.7. The van der Waals surface area contributed by atoms with E-state index >= 15 is 0 Å². The number of hydrogen-bond acceptors (Lipinski definition) is 3. The summed E-state index contributed by atoms with van der Waals surface area (Å²) in [5, 5.41) is 0. The van der Waals surface area contributed by atoms with Gasteiger partial charge in [-0.2, -0.15) is 0 Å². The highest BCUT2D eigenvalue weighted by atomic mass is 32.1. The van der Waals surface area contributed by atoms with Gasteiger partial charge in [-0.1, -0.05) is 156 Å². The Kier molecular flexibility index (Phi) is 7.52. The maximum atomic E-state index is 2.66. The van der Waals surface area contributed by atoms with E-state index in [1.54, 1.807) is 0 Å². The highest BCUT2D eigenvalue weighted by Crippen LogP contribution is 2.67. The van der Waals surface area contributed by atoms with Crippen molar-refractivity contribution in [3.63, 3.8) is 0 Å². The third-order valence-electron chi connectivity index (χ3n) is 14.1.